The van der Waals surface area contributed by atoms with Gasteiger partial charge in [-0.05, 0) is 228 Å². The lowest BCUT2D eigenvalue weighted by Crippen LogP contribution is -1.97. The molecule has 27 aromatic rings. The summed E-state index contributed by atoms with van der Waals surface area (Å²) in [5.41, 5.74) is 32.8. The number of para-hydroxylation sites is 5. The summed E-state index contributed by atoms with van der Waals surface area (Å²) < 4.78 is 22.4. The first-order valence-corrected chi connectivity index (χ1v) is 46.6. The van der Waals surface area contributed by atoms with E-state index < -0.39 is 0 Å². The van der Waals surface area contributed by atoms with Crippen LogP contribution in [-0.2, 0) is 0 Å². The summed E-state index contributed by atoms with van der Waals surface area (Å²) in [7, 11) is 0. The molecule has 0 N–H and O–H groups in total. The predicted molar refractivity (Wildman–Crippen MR) is 566 cm³/mol. The number of aromatic nitrogens is 6. The normalized spacial score (nSPS) is 11.5. The van der Waals surface area contributed by atoms with Gasteiger partial charge in [0.15, 0.2) is 0 Å². The molecular formula is C126H75N9O2S. The van der Waals surface area contributed by atoms with Crippen LogP contribution in [0.5, 0.6) is 0 Å². The molecule has 0 aliphatic carbocycles. The molecule has 11 nitrogen and oxygen atoms in total. The van der Waals surface area contributed by atoms with Crippen LogP contribution in [0.25, 0.3) is 247 Å². The van der Waals surface area contributed by atoms with Gasteiger partial charge in [0.1, 0.15) is 22.3 Å². The van der Waals surface area contributed by atoms with E-state index in [1.807, 2.05) is 157 Å². The highest BCUT2D eigenvalue weighted by atomic mass is 32.1. The lowest BCUT2D eigenvalue weighted by molar-refractivity contribution is 0.669. The Labute approximate surface area is 796 Å². The molecule has 0 radical (unpaired) electrons. The van der Waals surface area contributed by atoms with Crippen LogP contribution in [0.15, 0.2) is 464 Å². The molecule has 0 amide bonds. The third-order valence-electron chi connectivity index (χ3n) is 26.4. The number of rotatable bonds is 12. The maximum atomic E-state index is 9.72. The third-order valence-corrected chi connectivity index (χ3v) is 27.6. The molecular weight excluding hydrogens is 1700 g/mol. The topological polar surface area (TPSA) is 151 Å². The molecule has 0 unspecified atom stereocenters. The fourth-order valence-electron chi connectivity index (χ4n) is 20.1. The third kappa shape index (κ3) is 14.4. The number of nitriles is 3. The smallest absolute Gasteiger partial charge is 0.137 e. The zero-order valence-electron chi connectivity index (χ0n) is 74.1. The number of thiophene rings is 1. The lowest BCUT2D eigenvalue weighted by atomic mass is 9.98. The Hall–Kier alpha value is -18.9. The SMILES string of the molecule is N#Cc1cccc(-c2cc(-c3cccc(-c4ccccc4)n3)cc(-n3c4ccccc4c4c5sc6ccccc6c5ccc43)c2)c1.N#Cc1cccc(-c2cc(-c3cccc(-c4ccccc4)n3)cc(-n3c4ccccc4c4cc5oc6ccccc6c5cc43)c2)c1.N#Cc1cccc(-c2cc(-c3cccc(-c4ccccc4)n3)cc(-n3c4ccccc4c4ccc5oc6ccccc6c5c43)c2)c1. The average Bonchev–Trinajstić information content (AvgIpc) is 1.58. The first-order chi connectivity index (χ1) is 68.2. The van der Waals surface area contributed by atoms with E-state index in [9.17, 15) is 15.8 Å². The van der Waals surface area contributed by atoms with Crippen molar-refractivity contribution in [2.75, 3.05) is 0 Å². The van der Waals surface area contributed by atoms with Crippen LogP contribution in [0.4, 0.5) is 0 Å². The Morgan fingerprint density at radius 2 is 0.572 bits per heavy atom. The summed E-state index contributed by atoms with van der Waals surface area (Å²) in [6, 6.07) is 164. The molecule has 18 aromatic carbocycles. The molecule has 0 fully saturated rings. The Bertz CT molecular complexity index is 9740. The molecule has 642 valence electrons. The first-order valence-electron chi connectivity index (χ1n) is 45.8. The number of hydrogen-bond acceptors (Lipinski definition) is 9. The number of furan rings is 2. The van der Waals surface area contributed by atoms with Gasteiger partial charge in [0, 0.05) is 119 Å². The molecule has 138 heavy (non-hydrogen) atoms. The van der Waals surface area contributed by atoms with Crippen molar-refractivity contribution in [1.29, 1.82) is 15.8 Å². The number of fused-ring (bicyclic) bond motifs is 20. The van der Waals surface area contributed by atoms with Crippen molar-refractivity contribution in [2.24, 2.45) is 0 Å². The molecule has 0 aliphatic heterocycles. The van der Waals surface area contributed by atoms with Gasteiger partial charge >= 0.3 is 0 Å². The van der Waals surface area contributed by atoms with Crippen LogP contribution in [-0.4, -0.2) is 28.7 Å². The largest absolute Gasteiger partial charge is 0.456 e. The van der Waals surface area contributed by atoms with Crippen molar-refractivity contribution in [2.45, 2.75) is 0 Å². The molecule has 9 heterocycles. The van der Waals surface area contributed by atoms with Gasteiger partial charge in [-0.3, -0.25) is 0 Å². The highest BCUT2D eigenvalue weighted by molar-refractivity contribution is 7.26. The lowest BCUT2D eigenvalue weighted by Gasteiger charge is -2.15. The van der Waals surface area contributed by atoms with E-state index in [4.69, 9.17) is 23.8 Å². The summed E-state index contributed by atoms with van der Waals surface area (Å²) in [6.07, 6.45) is 0. The van der Waals surface area contributed by atoms with Gasteiger partial charge in [-0.25, -0.2) is 15.0 Å². The number of pyridine rings is 3. The highest BCUT2D eigenvalue weighted by Crippen LogP contribution is 2.48. The second-order valence-electron chi connectivity index (χ2n) is 34.6. The molecule has 12 heteroatoms. The van der Waals surface area contributed by atoms with Crippen molar-refractivity contribution >= 4 is 141 Å². The molecule has 0 atom stereocenters. The molecule has 0 saturated carbocycles. The second-order valence-corrected chi connectivity index (χ2v) is 35.6. The van der Waals surface area contributed by atoms with Crippen molar-refractivity contribution < 1.29 is 8.83 Å². The second kappa shape index (κ2) is 34.0. The van der Waals surface area contributed by atoms with E-state index in [-0.39, 0.29) is 0 Å². The quantitative estimate of drug-likeness (QED) is 0.117. The molecule has 0 bridgehead atoms. The zero-order valence-corrected chi connectivity index (χ0v) is 74.9. The van der Waals surface area contributed by atoms with E-state index in [0.29, 0.717) is 16.7 Å². The van der Waals surface area contributed by atoms with E-state index in [1.165, 1.54) is 41.8 Å². The van der Waals surface area contributed by atoms with Gasteiger partial charge in [-0.2, -0.15) is 15.8 Å². The maximum Gasteiger partial charge on any atom is 0.137 e. The number of benzene rings is 18. The van der Waals surface area contributed by atoms with Gasteiger partial charge in [0.25, 0.3) is 0 Å². The van der Waals surface area contributed by atoms with Crippen LogP contribution in [0.2, 0.25) is 0 Å². The predicted octanol–water partition coefficient (Wildman–Crippen LogP) is 33.3. The summed E-state index contributed by atoms with van der Waals surface area (Å²) in [5, 5.41) is 43.2. The molecule has 0 saturated heterocycles. The van der Waals surface area contributed by atoms with Crippen LogP contribution in [0.3, 0.4) is 0 Å². The fourth-order valence-corrected chi connectivity index (χ4v) is 21.3. The van der Waals surface area contributed by atoms with Crippen LogP contribution < -0.4 is 0 Å². The fraction of sp³-hybridized carbons (Fsp3) is 0. The van der Waals surface area contributed by atoms with Gasteiger partial charge in [0.2, 0.25) is 0 Å². The van der Waals surface area contributed by atoms with Gasteiger partial charge < -0.3 is 22.5 Å². The van der Waals surface area contributed by atoms with Gasteiger partial charge in [-0.15, -0.1) is 11.3 Å². The standard InChI is InChI=1S/2C42H25N3O.C42H25N3S/c43-26-27-10-8-13-29(20-27)30-21-31(38-17-9-16-37(44-38)28-11-2-1-3-12-28)23-32(22-30)45-39-18-6-4-14-33(39)35-25-42-36(24-40(35)45)34-15-5-7-19-41(34)46-42;43-26-27-10-8-13-29(22-27)30-23-31(37-17-9-16-36(44-37)28-11-2-1-3-12-28)25-32(24-30)45-38-18-6-4-14-33(38)34-20-21-40-41(42(34)45)35-15-5-7-19-39(35)46-40;43-26-27-10-8-13-29(22-27)30-23-31(37-17-9-16-36(44-37)28-11-2-1-3-12-28)25-32(24-30)45-38-18-6-4-15-35(38)41-39(45)21-20-34-33-14-5-7-19-40(33)46-42(34)41/h3*1-25H. The van der Waals surface area contributed by atoms with Crippen molar-refractivity contribution in [3.05, 3.63) is 472 Å². The Kier molecular flexibility index (Phi) is 20.0. The zero-order chi connectivity index (χ0) is 91.8. The van der Waals surface area contributed by atoms with Gasteiger partial charge in [-0.1, -0.05) is 261 Å². The summed E-state index contributed by atoms with van der Waals surface area (Å²) in [4.78, 5) is 15.4. The minimum atomic E-state index is 0.622. The molecule has 0 aliphatic rings. The van der Waals surface area contributed by atoms with E-state index in [0.717, 1.165) is 206 Å². The molecule has 9 aromatic heterocycles. The van der Waals surface area contributed by atoms with Crippen LogP contribution >= 0.6 is 11.3 Å². The van der Waals surface area contributed by atoms with Crippen LogP contribution in [0, 0.1) is 34.0 Å². The van der Waals surface area contributed by atoms with E-state index >= 15 is 0 Å². The Balaban J connectivity index is 0.000000110. The highest BCUT2D eigenvalue weighted by Gasteiger charge is 2.25. The Morgan fingerprint density at radius 3 is 1.08 bits per heavy atom. The summed E-state index contributed by atoms with van der Waals surface area (Å²) >= 11 is 1.86. The van der Waals surface area contributed by atoms with Crippen LogP contribution in [0.1, 0.15) is 16.7 Å². The summed E-state index contributed by atoms with van der Waals surface area (Å²) in [5.74, 6) is 0. The van der Waals surface area contributed by atoms with E-state index in [1.54, 1.807) is 0 Å². The minimum absolute atomic E-state index is 0.622. The van der Waals surface area contributed by atoms with E-state index in [2.05, 4.69) is 341 Å². The average molecular weight is 1780 g/mol. The number of hydrogen-bond donors (Lipinski definition) is 0. The summed E-state index contributed by atoms with van der Waals surface area (Å²) in [6.45, 7) is 0. The maximum absolute atomic E-state index is 9.72. The monoisotopic (exact) mass is 1780 g/mol. The first kappa shape index (κ1) is 81.1. The molecule has 27 rings (SSSR count). The Morgan fingerprint density at radius 1 is 0.203 bits per heavy atom. The molecule has 0 spiro atoms. The van der Waals surface area contributed by atoms with Crippen molar-refractivity contribution in [3.8, 4) is 136 Å². The number of nitrogens with zero attached hydrogens (tertiary/aromatic N) is 9. The van der Waals surface area contributed by atoms with Gasteiger partial charge in [0.05, 0.1) is 108 Å². The van der Waals surface area contributed by atoms with Crippen molar-refractivity contribution in [1.82, 2.24) is 28.7 Å². The minimum Gasteiger partial charge on any atom is -0.456 e. The van der Waals surface area contributed by atoms with Crippen molar-refractivity contribution in [3.63, 3.8) is 0 Å².